The van der Waals surface area contributed by atoms with Crippen molar-refractivity contribution in [3.8, 4) is 0 Å². The maximum absolute atomic E-state index is 5.25. The number of unbranched alkanes of at least 4 members (excludes halogenated alkanes) is 1. The van der Waals surface area contributed by atoms with Gasteiger partial charge in [-0.2, -0.15) is 0 Å². The molecule has 0 radical (unpaired) electrons. The third-order valence-electron chi connectivity index (χ3n) is 2.95. The highest BCUT2D eigenvalue weighted by atomic mass is 16.5. The van der Waals surface area contributed by atoms with Crippen LogP contribution in [0.2, 0.25) is 0 Å². The second-order valence-electron chi connectivity index (χ2n) is 4.66. The Morgan fingerprint density at radius 1 is 1.55 bits per heavy atom. The Kier molecular flexibility index (Phi) is 7.47. The maximum Gasteiger partial charge on any atom is 0.194 e. The summed E-state index contributed by atoms with van der Waals surface area (Å²) in [6, 6.07) is 1.96. The summed E-state index contributed by atoms with van der Waals surface area (Å²) in [5, 5.41) is 7.26. The Morgan fingerprint density at radius 2 is 2.35 bits per heavy atom. The van der Waals surface area contributed by atoms with Crippen LogP contribution in [0.1, 0.15) is 38.1 Å². The summed E-state index contributed by atoms with van der Waals surface area (Å²) in [5.74, 6) is 1.70. The van der Waals surface area contributed by atoms with Gasteiger partial charge in [0, 0.05) is 26.2 Å². The van der Waals surface area contributed by atoms with Crippen molar-refractivity contribution >= 4 is 5.96 Å². The molecule has 5 heteroatoms. The molecule has 5 nitrogen and oxygen atoms in total. The lowest BCUT2D eigenvalue weighted by molar-refractivity contribution is 0.378. The Hall–Kier alpha value is -1.78. The SMILES string of the molecule is C=CCCCN(C)C(=NCc1cc(CC)no1)NCC. The van der Waals surface area contributed by atoms with Crippen LogP contribution in [0.5, 0.6) is 0 Å². The summed E-state index contributed by atoms with van der Waals surface area (Å²) in [7, 11) is 2.04. The van der Waals surface area contributed by atoms with Gasteiger partial charge in [0.2, 0.25) is 0 Å². The van der Waals surface area contributed by atoms with E-state index in [0.717, 1.165) is 49.8 Å². The molecule has 1 aromatic heterocycles. The quantitative estimate of drug-likeness (QED) is 0.344. The van der Waals surface area contributed by atoms with Crippen molar-refractivity contribution in [2.45, 2.75) is 39.7 Å². The van der Waals surface area contributed by atoms with Crippen molar-refractivity contribution in [1.29, 1.82) is 0 Å². The zero-order valence-corrected chi connectivity index (χ0v) is 12.9. The van der Waals surface area contributed by atoms with Gasteiger partial charge < -0.3 is 14.7 Å². The lowest BCUT2D eigenvalue weighted by Crippen LogP contribution is -2.39. The van der Waals surface area contributed by atoms with Gasteiger partial charge in [0.25, 0.3) is 0 Å². The molecule has 20 heavy (non-hydrogen) atoms. The molecule has 1 N–H and O–H groups in total. The maximum atomic E-state index is 5.25. The minimum atomic E-state index is 0.515. The number of aliphatic imine (C=N–C) groups is 1. The molecule has 1 rings (SSSR count). The molecule has 0 bridgehead atoms. The van der Waals surface area contributed by atoms with Crippen molar-refractivity contribution in [2.24, 2.45) is 4.99 Å². The molecule has 1 heterocycles. The summed E-state index contributed by atoms with van der Waals surface area (Å²) in [6.07, 6.45) is 4.92. The fourth-order valence-electron chi connectivity index (χ4n) is 1.80. The number of aromatic nitrogens is 1. The van der Waals surface area contributed by atoms with E-state index in [0.29, 0.717) is 6.54 Å². The highest BCUT2D eigenvalue weighted by Gasteiger charge is 2.06. The van der Waals surface area contributed by atoms with Crippen LogP contribution in [0.15, 0.2) is 28.2 Å². The predicted octanol–water partition coefficient (Wildman–Crippen LogP) is 2.60. The van der Waals surface area contributed by atoms with E-state index in [9.17, 15) is 0 Å². The van der Waals surface area contributed by atoms with Gasteiger partial charge >= 0.3 is 0 Å². The fraction of sp³-hybridized carbons (Fsp3) is 0.600. The van der Waals surface area contributed by atoms with E-state index in [1.807, 2.05) is 19.2 Å². The van der Waals surface area contributed by atoms with E-state index < -0.39 is 0 Å². The van der Waals surface area contributed by atoms with Gasteiger partial charge in [-0.3, -0.25) is 0 Å². The van der Waals surface area contributed by atoms with Crippen LogP contribution in [0, 0.1) is 0 Å². The van der Waals surface area contributed by atoms with Gasteiger partial charge in [0.1, 0.15) is 6.54 Å². The first-order valence-corrected chi connectivity index (χ1v) is 7.26. The van der Waals surface area contributed by atoms with Gasteiger partial charge in [-0.1, -0.05) is 18.2 Å². The van der Waals surface area contributed by atoms with Crippen molar-refractivity contribution in [3.05, 3.63) is 30.2 Å². The van der Waals surface area contributed by atoms with Crippen LogP contribution in [0.3, 0.4) is 0 Å². The van der Waals surface area contributed by atoms with Crippen molar-refractivity contribution < 1.29 is 4.52 Å². The Bertz CT molecular complexity index is 425. The van der Waals surface area contributed by atoms with Gasteiger partial charge in [0.15, 0.2) is 11.7 Å². The highest BCUT2D eigenvalue weighted by Crippen LogP contribution is 2.06. The Balaban J connectivity index is 2.58. The molecular weight excluding hydrogens is 252 g/mol. The highest BCUT2D eigenvalue weighted by molar-refractivity contribution is 5.79. The molecule has 0 amide bonds. The minimum Gasteiger partial charge on any atom is -0.359 e. The first-order chi connectivity index (χ1) is 9.71. The zero-order chi connectivity index (χ0) is 14.8. The smallest absolute Gasteiger partial charge is 0.194 e. The lowest BCUT2D eigenvalue weighted by Gasteiger charge is -2.21. The van der Waals surface area contributed by atoms with Crippen LogP contribution in [-0.2, 0) is 13.0 Å². The van der Waals surface area contributed by atoms with E-state index in [1.54, 1.807) is 0 Å². The molecule has 0 aliphatic carbocycles. The number of hydrogen-bond acceptors (Lipinski definition) is 3. The van der Waals surface area contributed by atoms with Crippen LogP contribution >= 0.6 is 0 Å². The Labute approximate surface area is 121 Å². The number of guanidine groups is 1. The van der Waals surface area contributed by atoms with Gasteiger partial charge in [-0.25, -0.2) is 4.99 Å². The molecule has 0 aliphatic heterocycles. The number of aryl methyl sites for hydroxylation is 1. The van der Waals surface area contributed by atoms with E-state index in [4.69, 9.17) is 4.52 Å². The van der Waals surface area contributed by atoms with Crippen LogP contribution < -0.4 is 5.32 Å². The number of hydrogen-bond donors (Lipinski definition) is 1. The molecule has 0 saturated carbocycles. The van der Waals surface area contributed by atoms with Crippen LogP contribution in [0.25, 0.3) is 0 Å². The number of rotatable bonds is 8. The fourth-order valence-corrected chi connectivity index (χ4v) is 1.80. The average Bonchev–Trinajstić information content (AvgIpc) is 2.91. The lowest BCUT2D eigenvalue weighted by atomic mass is 10.3. The molecule has 0 aliphatic rings. The monoisotopic (exact) mass is 278 g/mol. The first kappa shape index (κ1) is 16.3. The number of allylic oxidation sites excluding steroid dienone is 1. The van der Waals surface area contributed by atoms with Crippen molar-refractivity contribution in [1.82, 2.24) is 15.4 Å². The third kappa shape index (κ3) is 5.47. The molecule has 112 valence electrons. The van der Waals surface area contributed by atoms with Gasteiger partial charge in [-0.15, -0.1) is 6.58 Å². The average molecular weight is 278 g/mol. The second-order valence-corrected chi connectivity index (χ2v) is 4.66. The second kappa shape index (κ2) is 9.18. The standard InChI is InChI=1S/C15H26N4O/c1-5-8-9-10-19(4)15(16-7-3)17-12-14-11-13(6-2)18-20-14/h5,11H,1,6-10,12H2,2-4H3,(H,16,17). The number of nitrogens with zero attached hydrogens (tertiary/aromatic N) is 3. The topological polar surface area (TPSA) is 53.7 Å². The van der Waals surface area contributed by atoms with Gasteiger partial charge in [0.05, 0.1) is 5.69 Å². The first-order valence-electron chi connectivity index (χ1n) is 7.26. The summed E-state index contributed by atoms with van der Waals surface area (Å²) < 4.78 is 5.25. The van der Waals surface area contributed by atoms with Crippen LogP contribution in [0.4, 0.5) is 0 Å². The molecular formula is C15H26N4O. The molecule has 0 unspecified atom stereocenters. The predicted molar refractivity (Wildman–Crippen MR) is 82.8 cm³/mol. The molecule has 1 aromatic rings. The summed E-state index contributed by atoms with van der Waals surface area (Å²) in [5.41, 5.74) is 0.972. The summed E-state index contributed by atoms with van der Waals surface area (Å²) in [4.78, 5) is 6.71. The zero-order valence-electron chi connectivity index (χ0n) is 12.9. The van der Waals surface area contributed by atoms with E-state index in [2.05, 4.69) is 40.8 Å². The normalized spacial score (nSPS) is 11.4. The largest absolute Gasteiger partial charge is 0.359 e. The summed E-state index contributed by atoms with van der Waals surface area (Å²) in [6.45, 7) is 10.2. The molecule has 0 aromatic carbocycles. The molecule has 0 fully saturated rings. The number of nitrogens with one attached hydrogen (secondary N) is 1. The Morgan fingerprint density at radius 3 is 2.95 bits per heavy atom. The van der Waals surface area contributed by atoms with E-state index in [-0.39, 0.29) is 0 Å². The molecule has 0 saturated heterocycles. The van der Waals surface area contributed by atoms with Crippen LogP contribution in [-0.4, -0.2) is 36.2 Å². The minimum absolute atomic E-state index is 0.515. The third-order valence-corrected chi connectivity index (χ3v) is 2.95. The van der Waals surface area contributed by atoms with Gasteiger partial charge in [-0.05, 0) is 26.2 Å². The van der Waals surface area contributed by atoms with Crippen molar-refractivity contribution in [2.75, 3.05) is 20.1 Å². The summed E-state index contributed by atoms with van der Waals surface area (Å²) >= 11 is 0. The molecule has 0 spiro atoms. The van der Waals surface area contributed by atoms with E-state index >= 15 is 0 Å². The molecule has 0 atom stereocenters. The van der Waals surface area contributed by atoms with Crippen molar-refractivity contribution in [3.63, 3.8) is 0 Å². The van der Waals surface area contributed by atoms with E-state index in [1.165, 1.54) is 0 Å².